The van der Waals surface area contributed by atoms with Crippen molar-refractivity contribution < 1.29 is 5.11 Å². The zero-order valence-electron chi connectivity index (χ0n) is 13.2. The first-order valence-electron chi connectivity index (χ1n) is 8.06. The largest absolute Gasteiger partial charge is 0.387 e. The Morgan fingerprint density at radius 1 is 1.19 bits per heavy atom. The minimum absolute atomic E-state index is 0.602. The number of rotatable bonds is 3. The lowest BCUT2D eigenvalue weighted by Gasteiger charge is -2.33. The van der Waals surface area contributed by atoms with Crippen molar-refractivity contribution in [2.45, 2.75) is 45.1 Å². The molecule has 0 aromatic carbocycles. The molecule has 5 heteroatoms. The smallest absolute Gasteiger partial charge is 0.150 e. The van der Waals surface area contributed by atoms with Crippen LogP contribution in [0.15, 0.2) is 6.20 Å². The first kappa shape index (κ1) is 14.7. The molecular weight excluding hydrogens is 264 g/mol. The summed E-state index contributed by atoms with van der Waals surface area (Å²) in [6.45, 7) is 8.54. The number of piperidine rings is 1. The van der Waals surface area contributed by atoms with E-state index >= 15 is 0 Å². The van der Waals surface area contributed by atoms with E-state index in [4.69, 9.17) is 0 Å². The quantitative estimate of drug-likeness (QED) is 0.915. The molecule has 0 radical (unpaired) electrons. The highest BCUT2D eigenvalue weighted by Gasteiger charge is 2.38. The third-order valence-corrected chi connectivity index (χ3v) is 4.65. The van der Waals surface area contributed by atoms with E-state index in [0.717, 1.165) is 49.8 Å². The van der Waals surface area contributed by atoms with Gasteiger partial charge in [-0.1, -0.05) is 6.42 Å². The molecule has 3 rings (SSSR count). The molecule has 1 aromatic heterocycles. The number of β-amino-alcohol motifs (C(OH)–C–C–N with tert-alkyl or cyclic N) is 1. The number of likely N-dealkylation sites (tertiary alicyclic amines) is 1. The zero-order valence-corrected chi connectivity index (χ0v) is 13.2. The molecule has 2 aliphatic heterocycles. The van der Waals surface area contributed by atoms with Crippen LogP contribution in [0.4, 0.5) is 5.82 Å². The molecule has 2 aliphatic rings. The second-order valence-electron chi connectivity index (χ2n) is 6.65. The van der Waals surface area contributed by atoms with Gasteiger partial charge in [0.25, 0.3) is 0 Å². The van der Waals surface area contributed by atoms with Gasteiger partial charge in [0.15, 0.2) is 0 Å². The van der Waals surface area contributed by atoms with Crippen LogP contribution < -0.4 is 4.90 Å². The van der Waals surface area contributed by atoms with Crippen LogP contribution in [-0.4, -0.2) is 58.3 Å². The van der Waals surface area contributed by atoms with E-state index in [2.05, 4.69) is 19.8 Å². The summed E-state index contributed by atoms with van der Waals surface area (Å²) in [6, 6.07) is 0. The van der Waals surface area contributed by atoms with E-state index < -0.39 is 5.60 Å². The monoisotopic (exact) mass is 290 g/mol. The number of hydrogen-bond donors (Lipinski definition) is 1. The van der Waals surface area contributed by atoms with Gasteiger partial charge in [-0.25, -0.2) is 4.98 Å². The Hall–Kier alpha value is -1.20. The van der Waals surface area contributed by atoms with Crippen LogP contribution in [0, 0.1) is 13.8 Å². The second kappa shape index (κ2) is 5.89. The fourth-order valence-electron chi connectivity index (χ4n) is 3.52. The van der Waals surface area contributed by atoms with Crippen molar-refractivity contribution in [3.8, 4) is 0 Å². The van der Waals surface area contributed by atoms with E-state index in [1.165, 1.54) is 19.3 Å². The van der Waals surface area contributed by atoms with Gasteiger partial charge in [0.1, 0.15) is 5.82 Å². The number of aliphatic hydroxyl groups is 1. The molecule has 0 bridgehead atoms. The van der Waals surface area contributed by atoms with E-state index in [-0.39, 0.29) is 0 Å². The highest BCUT2D eigenvalue weighted by atomic mass is 16.3. The molecule has 1 aromatic rings. The van der Waals surface area contributed by atoms with Crippen molar-refractivity contribution in [2.24, 2.45) is 0 Å². The fourth-order valence-corrected chi connectivity index (χ4v) is 3.52. The Morgan fingerprint density at radius 3 is 2.71 bits per heavy atom. The van der Waals surface area contributed by atoms with Crippen LogP contribution >= 0.6 is 0 Å². The number of aromatic nitrogens is 2. The Labute approximate surface area is 127 Å². The first-order chi connectivity index (χ1) is 10.1. The molecule has 1 atom stereocenters. The topological polar surface area (TPSA) is 52.5 Å². The Morgan fingerprint density at radius 2 is 1.95 bits per heavy atom. The van der Waals surface area contributed by atoms with Crippen molar-refractivity contribution in [1.82, 2.24) is 14.9 Å². The normalized spacial score (nSPS) is 27.3. The third-order valence-electron chi connectivity index (χ3n) is 4.65. The van der Waals surface area contributed by atoms with Crippen LogP contribution in [0.2, 0.25) is 0 Å². The maximum absolute atomic E-state index is 10.9. The molecule has 1 N–H and O–H groups in total. The van der Waals surface area contributed by atoms with Crippen molar-refractivity contribution >= 4 is 5.82 Å². The van der Waals surface area contributed by atoms with E-state index in [1.54, 1.807) is 6.20 Å². The van der Waals surface area contributed by atoms with Gasteiger partial charge in [-0.05, 0) is 46.2 Å². The molecule has 21 heavy (non-hydrogen) atoms. The lowest BCUT2D eigenvalue weighted by Crippen LogP contribution is -2.46. The number of aryl methyl sites for hydroxylation is 2. The molecule has 2 saturated heterocycles. The summed E-state index contributed by atoms with van der Waals surface area (Å²) in [7, 11) is 0. The van der Waals surface area contributed by atoms with Crippen LogP contribution in [0.3, 0.4) is 0 Å². The van der Waals surface area contributed by atoms with E-state index in [1.807, 2.05) is 13.8 Å². The summed E-state index contributed by atoms with van der Waals surface area (Å²) < 4.78 is 0. The molecular formula is C16H26N4O. The lowest BCUT2D eigenvalue weighted by atomic mass is 10.0. The van der Waals surface area contributed by atoms with Gasteiger partial charge in [-0.15, -0.1) is 0 Å². The average Bonchev–Trinajstić information content (AvgIpc) is 2.84. The predicted molar refractivity (Wildman–Crippen MR) is 83.6 cm³/mol. The van der Waals surface area contributed by atoms with Crippen LogP contribution in [0.1, 0.15) is 37.1 Å². The van der Waals surface area contributed by atoms with Crippen LogP contribution in [-0.2, 0) is 0 Å². The summed E-state index contributed by atoms with van der Waals surface area (Å²) in [5.41, 5.74) is 1.28. The van der Waals surface area contributed by atoms with Gasteiger partial charge in [0, 0.05) is 25.8 Å². The zero-order chi connectivity index (χ0) is 14.9. The van der Waals surface area contributed by atoms with Gasteiger partial charge < -0.3 is 14.9 Å². The Bertz CT molecular complexity index is 501. The van der Waals surface area contributed by atoms with Crippen molar-refractivity contribution in [1.29, 1.82) is 0 Å². The summed E-state index contributed by atoms with van der Waals surface area (Å²) in [4.78, 5) is 13.6. The SMILES string of the molecule is Cc1cnc(C)c(N2CC[C@](O)(CN3CCCCC3)C2)n1. The molecule has 0 saturated carbocycles. The van der Waals surface area contributed by atoms with Gasteiger partial charge >= 0.3 is 0 Å². The van der Waals surface area contributed by atoms with Crippen molar-refractivity contribution in [3.63, 3.8) is 0 Å². The molecule has 0 amide bonds. The minimum atomic E-state index is -0.602. The molecule has 0 unspecified atom stereocenters. The summed E-state index contributed by atoms with van der Waals surface area (Å²) in [6.07, 6.45) is 6.48. The Kier molecular flexibility index (Phi) is 4.13. The average molecular weight is 290 g/mol. The maximum atomic E-state index is 10.9. The van der Waals surface area contributed by atoms with Gasteiger partial charge in [0.05, 0.1) is 17.0 Å². The predicted octanol–water partition coefficient (Wildman–Crippen LogP) is 1.52. The molecule has 0 aliphatic carbocycles. The van der Waals surface area contributed by atoms with E-state index in [0.29, 0.717) is 6.54 Å². The molecule has 5 nitrogen and oxygen atoms in total. The van der Waals surface area contributed by atoms with Crippen molar-refractivity contribution in [2.75, 3.05) is 37.6 Å². The highest BCUT2D eigenvalue weighted by molar-refractivity contribution is 5.45. The summed E-state index contributed by atoms with van der Waals surface area (Å²) in [5, 5.41) is 10.9. The second-order valence-corrected chi connectivity index (χ2v) is 6.65. The fraction of sp³-hybridized carbons (Fsp3) is 0.750. The highest BCUT2D eigenvalue weighted by Crippen LogP contribution is 2.28. The number of hydrogen-bond acceptors (Lipinski definition) is 5. The van der Waals surface area contributed by atoms with Crippen LogP contribution in [0.5, 0.6) is 0 Å². The van der Waals surface area contributed by atoms with Crippen molar-refractivity contribution in [3.05, 3.63) is 17.6 Å². The number of nitrogens with zero attached hydrogens (tertiary/aromatic N) is 4. The molecule has 0 spiro atoms. The number of anilines is 1. The summed E-state index contributed by atoms with van der Waals surface area (Å²) in [5.74, 6) is 0.935. The molecule has 3 heterocycles. The summed E-state index contributed by atoms with van der Waals surface area (Å²) >= 11 is 0. The Balaban J connectivity index is 1.67. The molecule has 2 fully saturated rings. The standard InChI is InChI=1S/C16H26N4O/c1-13-10-17-14(2)15(18-13)20-9-6-16(21,12-20)11-19-7-4-3-5-8-19/h10,21H,3-9,11-12H2,1-2H3/t16-/m0/s1. The third kappa shape index (κ3) is 3.35. The van der Waals surface area contributed by atoms with Gasteiger partial charge in [0.2, 0.25) is 0 Å². The van der Waals surface area contributed by atoms with Gasteiger partial charge in [-0.3, -0.25) is 4.98 Å². The molecule has 116 valence electrons. The lowest BCUT2D eigenvalue weighted by molar-refractivity contribution is 0.0169. The maximum Gasteiger partial charge on any atom is 0.150 e. The first-order valence-corrected chi connectivity index (χ1v) is 8.06. The van der Waals surface area contributed by atoms with E-state index in [9.17, 15) is 5.11 Å². The van der Waals surface area contributed by atoms with Gasteiger partial charge in [-0.2, -0.15) is 0 Å². The van der Waals surface area contributed by atoms with Crippen LogP contribution in [0.25, 0.3) is 0 Å². The minimum Gasteiger partial charge on any atom is -0.387 e.